The van der Waals surface area contributed by atoms with E-state index in [0.29, 0.717) is 55.9 Å². The minimum absolute atomic E-state index is 0.0311. The van der Waals surface area contributed by atoms with Crippen LogP contribution in [0.5, 0.6) is 11.5 Å². The molecule has 6 nitrogen and oxygen atoms in total. The molecular formula is C20H19ClN2O4S. The normalized spacial score (nSPS) is 16.5. The maximum absolute atomic E-state index is 12.5. The van der Waals surface area contributed by atoms with Crippen molar-refractivity contribution < 1.29 is 19.1 Å². The molecule has 2 aromatic rings. The van der Waals surface area contributed by atoms with Gasteiger partial charge in [-0.25, -0.2) is 0 Å². The molecule has 1 aromatic carbocycles. The summed E-state index contributed by atoms with van der Waals surface area (Å²) in [5.74, 6) is 1.08. The molecule has 0 saturated carbocycles. The minimum Gasteiger partial charge on any atom is -0.486 e. The number of nitrogens with zero attached hydrogens (tertiary/aromatic N) is 2. The molecule has 8 heteroatoms. The molecule has 1 fully saturated rings. The summed E-state index contributed by atoms with van der Waals surface area (Å²) in [6, 6.07) is 7.25. The zero-order chi connectivity index (χ0) is 19.5. The van der Waals surface area contributed by atoms with Crippen molar-refractivity contribution >= 4 is 40.8 Å². The third-order valence-corrected chi connectivity index (χ3v) is 5.79. The maximum atomic E-state index is 12.5. The van der Waals surface area contributed by atoms with Crippen molar-refractivity contribution in [3.05, 3.63) is 51.2 Å². The van der Waals surface area contributed by atoms with E-state index in [1.165, 1.54) is 17.4 Å². The first-order valence-corrected chi connectivity index (χ1v) is 10.3. The summed E-state index contributed by atoms with van der Waals surface area (Å²) < 4.78 is 11.1. The van der Waals surface area contributed by atoms with Crippen LogP contribution in [0.1, 0.15) is 15.2 Å². The summed E-state index contributed by atoms with van der Waals surface area (Å²) in [7, 11) is 0. The predicted octanol–water partition coefficient (Wildman–Crippen LogP) is 3.17. The Kier molecular flexibility index (Phi) is 5.54. The first-order valence-electron chi connectivity index (χ1n) is 9.01. The Bertz CT molecular complexity index is 905. The molecule has 0 N–H and O–H groups in total. The summed E-state index contributed by atoms with van der Waals surface area (Å²) in [5.41, 5.74) is 0.772. The molecule has 0 bridgehead atoms. The lowest BCUT2D eigenvalue weighted by molar-refractivity contribution is -0.127. The molecule has 3 heterocycles. The van der Waals surface area contributed by atoms with Gasteiger partial charge in [0, 0.05) is 32.3 Å². The van der Waals surface area contributed by atoms with Gasteiger partial charge in [-0.1, -0.05) is 17.7 Å². The van der Waals surface area contributed by atoms with Gasteiger partial charge in [0.1, 0.15) is 13.2 Å². The number of carbonyl (C=O) groups is 2. The van der Waals surface area contributed by atoms with Gasteiger partial charge in [-0.2, -0.15) is 0 Å². The highest BCUT2D eigenvalue weighted by Crippen LogP contribution is 2.38. The first-order chi connectivity index (χ1) is 13.6. The van der Waals surface area contributed by atoms with Gasteiger partial charge in [-0.3, -0.25) is 9.59 Å². The lowest BCUT2D eigenvalue weighted by Crippen LogP contribution is -2.50. The van der Waals surface area contributed by atoms with Crippen LogP contribution in [0.15, 0.2) is 35.7 Å². The highest BCUT2D eigenvalue weighted by atomic mass is 35.5. The number of thiophene rings is 1. The molecule has 0 spiro atoms. The van der Waals surface area contributed by atoms with Crippen LogP contribution in [-0.2, 0) is 4.79 Å². The van der Waals surface area contributed by atoms with E-state index in [9.17, 15) is 9.59 Å². The fourth-order valence-corrected chi connectivity index (χ4v) is 4.15. The quantitative estimate of drug-likeness (QED) is 0.718. The second kappa shape index (κ2) is 8.24. The number of hydrogen-bond donors (Lipinski definition) is 0. The second-order valence-corrected chi connectivity index (χ2v) is 7.81. The van der Waals surface area contributed by atoms with Gasteiger partial charge in [0.05, 0.1) is 9.90 Å². The average molecular weight is 419 g/mol. The van der Waals surface area contributed by atoms with Gasteiger partial charge in [-0.15, -0.1) is 11.3 Å². The lowest BCUT2D eigenvalue weighted by Gasteiger charge is -2.34. The first kappa shape index (κ1) is 18.8. The standard InChI is InChI=1S/C20H19ClN2O4S/c21-15-12-14(13-16-19(15)27-10-9-26-16)3-4-18(24)22-5-7-23(8-6-22)20(25)17-2-1-11-28-17/h1-4,11-13H,5-10H2. The maximum Gasteiger partial charge on any atom is 0.264 e. The number of rotatable bonds is 3. The Morgan fingerprint density at radius 1 is 1.07 bits per heavy atom. The second-order valence-electron chi connectivity index (χ2n) is 6.46. The topological polar surface area (TPSA) is 59.1 Å². The summed E-state index contributed by atoms with van der Waals surface area (Å²) >= 11 is 7.66. The SMILES string of the molecule is O=C(C=Cc1cc(Cl)c2c(c1)OCCO2)N1CCN(C(=O)c2cccs2)CC1. The number of piperazine rings is 1. The highest BCUT2D eigenvalue weighted by Gasteiger charge is 2.24. The van der Waals surface area contributed by atoms with Crippen LogP contribution in [0.3, 0.4) is 0 Å². The van der Waals surface area contributed by atoms with E-state index in [1.54, 1.807) is 21.9 Å². The number of halogens is 1. The van der Waals surface area contributed by atoms with Crippen LogP contribution in [0.25, 0.3) is 6.08 Å². The number of carbonyl (C=O) groups excluding carboxylic acids is 2. The van der Waals surface area contributed by atoms with E-state index in [2.05, 4.69) is 0 Å². The van der Waals surface area contributed by atoms with Gasteiger partial charge in [0.2, 0.25) is 5.91 Å². The fourth-order valence-electron chi connectivity index (χ4n) is 3.19. The zero-order valence-electron chi connectivity index (χ0n) is 15.1. The molecular weight excluding hydrogens is 400 g/mol. The molecule has 0 unspecified atom stereocenters. The minimum atomic E-state index is -0.0887. The van der Waals surface area contributed by atoms with Gasteiger partial charge in [-0.05, 0) is 35.2 Å². The predicted molar refractivity (Wildman–Crippen MR) is 108 cm³/mol. The van der Waals surface area contributed by atoms with Crippen molar-refractivity contribution in [2.45, 2.75) is 0 Å². The van der Waals surface area contributed by atoms with Gasteiger partial charge in [0.25, 0.3) is 5.91 Å². The smallest absolute Gasteiger partial charge is 0.264 e. The van der Waals surface area contributed by atoms with E-state index < -0.39 is 0 Å². The van der Waals surface area contributed by atoms with Crippen LogP contribution >= 0.6 is 22.9 Å². The van der Waals surface area contributed by atoms with E-state index in [-0.39, 0.29) is 11.8 Å². The molecule has 0 aliphatic carbocycles. The van der Waals surface area contributed by atoms with Gasteiger partial charge >= 0.3 is 0 Å². The molecule has 2 amide bonds. The van der Waals surface area contributed by atoms with E-state index >= 15 is 0 Å². The summed E-state index contributed by atoms with van der Waals surface area (Å²) in [6.07, 6.45) is 3.24. The summed E-state index contributed by atoms with van der Waals surface area (Å²) in [5, 5.41) is 2.35. The number of amides is 2. The molecule has 0 radical (unpaired) electrons. The molecule has 0 atom stereocenters. The Hall–Kier alpha value is -2.51. The Morgan fingerprint density at radius 3 is 2.57 bits per heavy atom. The largest absolute Gasteiger partial charge is 0.486 e. The fraction of sp³-hybridized carbons (Fsp3) is 0.300. The van der Waals surface area contributed by atoms with Crippen LogP contribution in [-0.4, -0.2) is 61.0 Å². The third kappa shape index (κ3) is 4.00. The van der Waals surface area contributed by atoms with Crippen molar-refractivity contribution in [1.82, 2.24) is 9.80 Å². The monoisotopic (exact) mass is 418 g/mol. The van der Waals surface area contributed by atoms with Crippen molar-refractivity contribution in [3.63, 3.8) is 0 Å². The van der Waals surface area contributed by atoms with E-state index in [1.807, 2.05) is 23.6 Å². The van der Waals surface area contributed by atoms with Gasteiger partial charge in [0.15, 0.2) is 11.5 Å². The van der Waals surface area contributed by atoms with Crippen LogP contribution in [0.4, 0.5) is 0 Å². The summed E-state index contributed by atoms with van der Waals surface area (Å²) in [6.45, 7) is 3.05. The summed E-state index contributed by atoms with van der Waals surface area (Å²) in [4.78, 5) is 29.1. The van der Waals surface area contributed by atoms with E-state index in [0.717, 1.165) is 10.4 Å². The van der Waals surface area contributed by atoms with Crippen molar-refractivity contribution in [1.29, 1.82) is 0 Å². The number of benzene rings is 1. The van der Waals surface area contributed by atoms with Crippen LogP contribution in [0.2, 0.25) is 5.02 Å². The van der Waals surface area contributed by atoms with Gasteiger partial charge < -0.3 is 19.3 Å². The number of hydrogen-bond acceptors (Lipinski definition) is 5. The molecule has 28 heavy (non-hydrogen) atoms. The zero-order valence-corrected chi connectivity index (χ0v) is 16.7. The Morgan fingerprint density at radius 2 is 1.82 bits per heavy atom. The molecule has 146 valence electrons. The highest BCUT2D eigenvalue weighted by molar-refractivity contribution is 7.12. The van der Waals surface area contributed by atoms with Crippen molar-refractivity contribution in [3.8, 4) is 11.5 Å². The van der Waals surface area contributed by atoms with Crippen molar-refractivity contribution in [2.24, 2.45) is 0 Å². The molecule has 4 rings (SSSR count). The Labute approximate surface area is 171 Å². The third-order valence-electron chi connectivity index (χ3n) is 4.65. The molecule has 2 aliphatic rings. The van der Waals surface area contributed by atoms with Crippen molar-refractivity contribution in [2.75, 3.05) is 39.4 Å². The lowest BCUT2D eigenvalue weighted by atomic mass is 10.1. The Balaban J connectivity index is 1.36. The molecule has 2 aliphatic heterocycles. The average Bonchev–Trinajstić information content (AvgIpc) is 3.26. The van der Waals surface area contributed by atoms with Crippen LogP contribution in [0, 0.1) is 0 Å². The molecule has 1 saturated heterocycles. The van der Waals surface area contributed by atoms with Crippen LogP contribution < -0.4 is 9.47 Å². The molecule has 1 aromatic heterocycles. The van der Waals surface area contributed by atoms with E-state index in [4.69, 9.17) is 21.1 Å². The number of ether oxygens (including phenoxy) is 2. The number of fused-ring (bicyclic) bond motifs is 1.